The predicted octanol–water partition coefficient (Wildman–Crippen LogP) is 1.28. The Labute approximate surface area is 85.1 Å². The smallest absolute Gasteiger partial charge is 0.393 e. The van der Waals surface area contributed by atoms with Crippen molar-refractivity contribution in [1.29, 1.82) is 0 Å². The van der Waals surface area contributed by atoms with Crippen molar-refractivity contribution in [2.45, 2.75) is 12.6 Å². The molecular weight excluding hydrogens is 223 g/mol. The number of nitrogens with one attached hydrogen (secondary N) is 1. The van der Waals surface area contributed by atoms with Crippen molar-refractivity contribution in [3.8, 4) is 0 Å². The highest BCUT2D eigenvalue weighted by Gasteiger charge is 2.43. The van der Waals surface area contributed by atoms with Crippen LogP contribution >= 0.6 is 12.4 Å². The maximum atomic E-state index is 12.1. The predicted molar refractivity (Wildman–Crippen MR) is 45.4 cm³/mol. The second kappa shape index (κ2) is 4.84. The highest BCUT2D eigenvalue weighted by Crippen LogP contribution is 2.32. The number of hydrogen-bond donors (Lipinski definition) is 2. The summed E-state index contributed by atoms with van der Waals surface area (Å²) in [5, 5.41) is 11.0. The zero-order valence-electron chi connectivity index (χ0n) is 7.17. The molecule has 1 saturated heterocycles. The van der Waals surface area contributed by atoms with Crippen molar-refractivity contribution < 1.29 is 23.1 Å². The summed E-state index contributed by atoms with van der Waals surface area (Å²) in [5.41, 5.74) is 0. The third-order valence-electron chi connectivity index (χ3n) is 2.16. The number of hydrogen-bond acceptors (Lipinski definition) is 2. The van der Waals surface area contributed by atoms with E-state index >= 15 is 0 Å². The van der Waals surface area contributed by atoms with E-state index in [4.69, 9.17) is 5.11 Å². The van der Waals surface area contributed by atoms with E-state index in [0.717, 1.165) is 0 Å². The monoisotopic (exact) mass is 233 g/mol. The van der Waals surface area contributed by atoms with Gasteiger partial charge in [0.2, 0.25) is 0 Å². The SMILES string of the molecule is Cl.O=C(O)[C@@H]1CNC[C@@H](C(F)(F)F)C1. The third kappa shape index (κ3) is 3.34. The largest absolute Gasteiger partial charge is 0.481 e. The van der Waals surface area contributed by atoms with Gasteiger partial charge in [-0.1, -0.05) is 0 Å². The second-order valence-electron chi connectivity index (χ2n) is 3.17. The Bertz CT molecular complexity index is 210. The van der Waals surface area contributed by atoms with Crippen LogP contribution in [-0.2, 0) is 4.79 Å². The second-order valence-corrected chi connectivity index (χ2v) is 3.17. The maximum Gasteiger partial charge on any atom is 0.393 e. The van der Waals surface area contributed by atoms with Crippen LogP contribution in [0.15, 0.2) is 0 Å². The summed E-state index contributed by atoms with van der Waals surface area (Å²) in [4.78, 5) is 10.4. The van der Waals surface area contributed by atoms with Crippen molar-refractivity contribution in [2.24, 2.45) is 11.8 Å². The lowest BCUT2D eigenvalue weighted by molar-refractivity contribution is -0.184. The molecule has 1 aliphatic rings. The molecule has 0 saturated carbocycles. The lowest BCUT2D eigenvalue weighted by Crippen LogP contribution is -2.45. The van der Waals surface area contributed by atoms with E-state index in [2.05, 4.69) is 5.32 Å². The molecule has 0 aromatic rings. The molecule has 2 N–H and O–H groups in total. The van der Waals surface area contributed by atoms with Crippen LogP contribution < -0.4 is 5.32 Å². The van der Waals surface area contributed by atoms with Gasteiger partial charge >= 0.3 is 12.1 Å². The summed E-state index contributed by atoms with van der Waals surface area (Å²) in [6.45, 7) is -0.0464. The fourth-order valence-electron chi connectivity index (χ4n) is 1.38. The molecule has 1 rings (SSSR count). The van der Waals surface area contributed by atoms with Crippen LogP contribution in [0, 0.1) is 11.8 Å². The molecule has 2 atom stereocenters. The number of aliphatic carboxylic acids is 1. The van der Waals surface area contributed by atoms with E-state index in [1.165, 1.54) is 0 Å². The van der Waals surface area contributed by atoms with Crippen molar-refractivity contribution >= 4 is 18.4 Å². The fourth-order valence-corrected chi connectivity index (χ4v) is 1.38. The summed E-state index contributed by atoms with van der Waals surface area (Å²) >= 11 is 0. The highest BCUT2D eigenvalue weighted by molar-refractivity contribution is 5.85. The minimum absolute atomic E-state index is 0. The lowest BCUT2D eigenvalue weighted by atomic mass is 9.90. The van der Waals surface area contributed by atoms with Crippen LogP contribution in [0.1, 0.15) is 6.42 Å². The number of carboxylic acids is 1. The molecule has 0 aromatic carbocycles. The molecule has 1 aliphatic heterocycles. The maximum absolute atomic E-state index is 12.1. The van der Waals surface area contributed by atoms with Gasteiger partial charge in [0.05, 0.1) is 11.8 Å². The quantitative estimate of drug-likeness (QED) is 0.717. The number of rotatable bonds is 1. The number of carbonyl (C=O) groups is 1. The summed E-state index contributed by atoms with van der Waals surface area (Å²) in [6, 6.07) is 0. The summed E-state index contributed by atoms with van der Waals surface area (Å²) in [7, 11) is 0. The van der Waals surface area contributed by atoms with E-state index in [-0.39, 0.29) is 31.9 Å². The van der Waals surface area contributed by atoms with Crippen molar-refractivity contribution in [2.75, 3.05) is 13.1 Å². The molecule has 0 amide bonds. The van der Waals surface area contributed by atoms with E-state index in [9.17, 15) is 18.0 Å². The summed E-state index contributed by atoms with van der Waals surface area (Å²) in [5.74, 6) is -3.61. The molecule has 14 heavy (non-hydrogen) atoms. The van der Waals surface area contributed by atoms with Crippen LogP contribution in [0.25, 0.3) is 0 Å². The van der Waals surface area contributed by atoms with Gasteiger partial charge in [-0.05, 0) is 6.42 Å². The lowest BCUT2D eigenvalue weighted by Gasteiger charge is -2.28. The molecule has 0 radical (unpaired) electrons. The average molecular weight is 234 g/mol. The van der Waals surface area contributed by atoms with E-state index in [1.54, 1.807) is 0 Å². The minimum Gasteiger partial charge on any atom is -0.481 e. The average Bonchev–Trinajstić information content (AvgIpc) is 2.03. The van der Waals surface area contributed by atoms with Crippen molar-refractivity contribution in [3.05, 3.63) is 0 Å². The number of alkyl halides is 3. The molecule has 0 spiro atoms. The number of piperidine rings is 1. The Morgan fingerprint density at radius 1 is 1.36 bits per heavy atom. The zero-order chi connectivity index (χ0) is 10.1. The first-order valence-corrected chi connectivity index (χ1v) is 3.91. The number of halogens is 4. The van der Waals surface area contributed by atoms with Gasteiger partial charge in [-0.2, -0.15) is 13.2 Å². The molecule has 0 aromatic heterocycles. The van der Waals surface area contributed by atoms with Crippen LogP contribution in [0.5, 0.6) is 0 Å². The number of carboxylic acid groups (broad SMARTS) is 1. The molecular formula is C7H11ClF3NO2. The van der Waals surface area contributed by atoms with Crippen LogP contribution in [0.2, 0.25) is 0 Å². The van der Waals surface area contributed by atoms with Gasteiger partial charge in [0.1, 0.15) is 0 Å². The van der Waals surface area contributed by atoms with Gasteiger partial charge in [-0.15, -0.1) is 12.4 Å². The summed E-state index contributed by atoms with van der Waals surface area (Å²) < 4.78 is 36.4. The van der Waals surface area contributed by atoms with E-state index in [0.29, 0.717) is 0 Å². The fraction of sp³-hybridized carbons (Fsp3) is 0.857. The van der Waals surface area contributed by atoms with Gasteiger partial charge in [-0.25, -0.2) is 0 Å². The van der Waals surface area contributed by atoms with Gasteiger partial charge in [0, 0.05) is 13.1 Å². The Morgan fingerprint density at radius 2 is 1.93 bits per heavy atom. The van der Waals surface area contributed by atoms with Crippen molar-refractivity contribution in [3.63, 3.8) is 0 Å². The Hall–Kier alpha value is -0.490. The first-order valence-electron chi connectivity index (χ1n) is 3.91. The third-order valence-corrected chi connectivity index (χ3v) is 2.16. The van der Waals surface area contributed by atoms with Crippen molar-refractivity contribution in [1.82, 2.24) is 5.32 Å². The van der Waals surface area contributed by atoms with E-state index < -0.39 is 24.0 Å². The van der Waals surface area contributed by atoms with E-state index in [1.807, 2.05) is 0 Å². The zero-order valence-corrected chi connectivity index (χ0v) is 7.99. The molecule has 84 valence electrons. The molecule has 1 fully saturated rings. The van der Waals surface area contributed by atoms with Gasteiger partial charge in [0.25, 0.3) is 0 Å². The topological polar surface area (TPSA) is 49.3 Å². The van der Waals surface area contributed by atoms with Crippen LogP contribution in [0.4, 0.5) is 13.2 Å². The molecule has 7 heteroatoms. The Morgan fingerprint density at radius 3 is 2.36 bits per heavy atom. The molecule has 3 nitrogen and oxygen atoms in total. The van der Waals surface area contributed by atoms with Crippen LogP contribution in [-0.4, -0.2) is 30.3 Å². The molecule has 0 bridgehead atoms. The van der Waals surface area contributed by atoms with Crippen LogP contribution in [0.3, 0.4) is 0 Å². The Balaban J connectivity index is 0.00000169. The van der Waals surface area contributed by atoms with Gasteiger partial charge < -0.3 is 10.4 Å². The highest BCUT2D eigenvalue weighted by atomic mass is 35.5. The van der Waals surface area contributed by atoms with Gasteiger partial charge in [-0.3, -0.25) is 4.79 Å². The Kier molecular flexibility index (Phi) is 4.67. The first-order chi connectivity index (χ1) is 5.91. The summed E-state index contributed by atoms with van der Waals surface area (Å²) in [6.07, 6.45) is -4.60. The normalized spacial score (nSPS) is 27.9. The minimum atomic E-state index is -4.29. The first kappa shape index (κ1) is 13.5. The molecule has 0 unspecified atom stereocenters. The molecule has 0 aliphatic carbocycles. The standard InChI is InChI=1S/C7H10F3NO2.ClH/c8-7(9,10)5-1-4(6(12)13)2-11-3-5;/h4-5,11H,1-3H2,(H,12,13);1H/t4-,5-;/m0./s1. The van der Waals surface area contributed by atoms with Gasteiger partial charge in [0.15, 0.2) is 0 Å². The molecule has 1 heterocycles.